The van der Waals surface area contributed by atoms with E-state index in [1.807, 2.05) is 12.1 Å². The molecule has 0 saturated carbocycles. The molecule has 0 bridgehead atoms. The topological polar surface area (TPSA) is 55.7 Å². The van der Waals surface area contributed by atoms with Crippen molar-refractivity contribution in [2.45, 2.75) is 20.0 Å². The third-order valence-electron chi connectivity index (χ3n) is 2.73. The van der Waals surface area contributed by atoms with Crippen LogP contribution < -0.4 is 10.2 Å². The minimum atomic E-state index is -0.716. The second-order valence-corrected chi connectivity index (χ2v) is 3.94. The maximum Gasteiger partial charge on any atom is 0.0942 e. The molecule has 1 atom stereocenters. The first kappa shape index (κ1) is 13.8. The van der Waals surface area contributed by atoms with E-state index in [1.54, 1.807) is 0 Å². The van der Waals surface area contributed by atoms with Crippen LogP contribution in [0.1, 0.15) is 13.8 Å². The van der Waals surface area contributed by atoms with E-state index in [0.717, 1.165) is 18.8 Å². The van der Waals surface area contributed by atoms with Gasteiger partial charge in [0.05, 0.1) is 12.7 Å². The number of anilines is 2. The fourth-order valence-electron chi connectivity index (χ4n) is 1.70. The van der Waals surface area contributed by atoms with Crippen molar-refractivity contribution in [3.63, 3.8) is 0 Å². The van der Waals surface area contributed by atoms with Gasteiger partial charge in [0.2, 0.25) is 0 Å². The lowest BCUT2D eigenvalue weighted by atomic mass is 10.2. The number of nitrogens with zero attached hydrogens (tertiary/aromatic N) is 1. The van der Waals surface area contributed by atoms with E-state index in [9.17, 15) is 5.11 Å². The first-order valence-electron chi connectivity index (χ1n) is 6.09. The predicted octanol–water partition coefficient (Wildman–Crippen LogP) is 1.30. The third kappa shape index (κ3) is 4.24. The Bertz CT molecular complexity index is 327. The van der Waals surface area contributed by atoms with Crippen molar-refractivity contribution < 1.29 is 10.2 Å². The molecule has 0 heterocycles. The molecule has 0 aliphatic heterocycles. The average molecular weight is 238 g/mol. The van der Waals surface area contributed by atoms with E-state index in [1.165, 1.54) is 5.69 Å². The number of hydrogen-bond donors (Lipinski definition) is 3. The Morgan fingerprint density at radius 2 is 2.00 bits per heavy atom. The summed E-state index contributed by atoms with van der Waals surface area (Å²) < 4.78 is 0. The Labute approximate surface area is 103 Å². The van der Waals surface area contributed by atoms with Crippen molar-refractivity contribution in [1.29, 1.82) is 0 Å². The van der Waals surface area contributed by atoms with Crippen LogP contribution in [-0.4, -0.2) is 42.6 Å². The fraction of sp³-hybridized carbons (Fsp3) is 0.538. The zero-order valence-electron chi connectivity index (χ0n) is 10.6. The smallest absolute Gasteiger partial charge is 0.0942 e. The molecule has 96 valence electrons. The number of benzene rings is 1. The molecule has 0 fully saturated rings. The van der Waals surface area contributed by atoms with E-state index in [2.05, 4.69) is 36.2 Å². The first-order valence-corrected chi connectivity index (χ1v) is 6.09. The summed E-state index contributed by atoms with van der Waals surface area (Å²) in [5.74, 6) is 0. The zero-order chi connectivity index (χ0) is 12.7. The van der Waals surface area contributed by atoms with Crippen LogP contribution in [0, 0.1) is 0 Å². The van der Waals surface area contributed by atoms with E-state index < -0.39 is 6.10 Å². The third-order valence-corrected chi connectivity index (χ3v) is 2.73. The summed E-state index contributed by atoms with van der Waals surface area (Å²) in [7, 11) is 0. The van der Waals surface area contributed by atoms with Gasteiger partial charge in [0.15, 0.2) is 0 Å². The summed E-state index contributed by atoms with van der Waals surface area (Å²) in [6.07, 6.45) is -0.716. The van der Waals surface area contributed by atoms with Crippen molar-refractivity contribution in [1.82, 2.24) is 0 Å². The van der Waals surface area contributed by atoms with Gasteiger partial charge in [0, 0.05) is 31.0 Å². The average Bonchev–Trinajstić information content (AvgIpc) is 2.38. The van der Waals surface area contributed by atoms with E-state index in [4.69, 9.17) is 5.11 Å². The Morgan fingerprint density at radius 3 is 2.59 bits per heavy atom. The zero-order valence-corrected chi connectivity index (χ0v) is 10.6. The van der Waals surface area contributed by atoms with Crippen LogP contribution in [0.5, 0.6) is 0 Å². The van der Waals surface area contributed by atoms with Gasteiger partial charge >= 0.3 is 0 Å². The summed E-state index contributed by atoms with van der Waals surface area (Å²) in [5.41, 5.74) is 2.13. The number of aliphatic hydroxyl groups is 2. The van der Waals surface area contributed by atoms with Crippen LogP contribution >= 0.6 is 0 Å². The van der Waals surface area contributed by atoms with Crippen LogP contribution in [-0.2, 0) is 0 Å². The quantitative estimate of drug-likeness (QED) is 0.670. The van der Waals surface area contributed by atoms with Crippen molar-refractivity contribution >= 4 is 11.4 Å². The van der Waals surface area contributed by atoms with Crippen molar-refractivity contribution in [3.05, 3.63) is 24.3 Å². The number of hydrogen-bond acceptors (Lipinski definition) is 4. The highest BCUT2D eigenvalue weighted by Gasteiger charge is 2.04. The minimum Gasteiger partial charge on any atom is -0.394 e. The van der Waals surface area contributed by atoms with Crippen LogP contribution in [0.3, 0.4) is 0 Å². The van der Waals surface area contributed by atoms with Crippen molar-refractivity contribution in [3.8, 4) is 0 Å². The maximum absolute atomic E-state index is 9.27. The van der Waals surface area contributed by atoms with Gasteiger partial charge in [-0.25, -0.2) is 0 Å². The molecule has 1 aromatic carbocycles. The lowest BCUT2D eigenvalue weighted by molar-refractivity contribution is 0.105. The highest BCUT2D eigenvalue weighted by molar-refractivity contribution is 5.58. The Hall–Kier alpha value is -1.26. The van der Waals surface area contributed by atoms with Gasteiger partial charge in [-0.1, -0.05) is 6.07 Å². The largest absolute Gasteiger partial charge is 0.394 e. The molecule has 4 heteroatoms. The Kier molecular flexibility index (Phi) is 5.80. The molecule has 0 spiro atoms. The van der Waals surface area contributed by atoms with E-state index in [0.29, 0.717) is 6.54 Å². The molecule has 0 aromatic heterocycles. The molecule has 0 aliphatic carbocycles. The van der Waals surface area contributed by atoms with Gasteiger partial charge in [-0.3, -0.25) is 0 Å². The molecule has 1 rings (SSSR count). The van der Waals surface area contributed by atoms with E-state index in [-0.39, 0.29) is 6.61 Å². The number of aliphatic hydroxyl groups excluding tert-OH is 2. The summed E-state index contributed by atoms with van der Waals surface area (Å²) in [6, 6.07) is 8.07. The highest BCUT2D eigenvalue weighted by atomic mass is 16.3. The van der Waals surface area contributed by atoms with Gasteiger partial charge in [-0.2, -0.15) is 0 Å². The summed E-state index contributed by atoms with van der Waals surface area (Å²) >= 11 is 0. The van der Waals surface area contributed by atoms with E-state index >= 15 is 0 Å². The fourth-order valence-corrected chi connectivity index (χ4v) is 1.70. The van der Waals surface area contributed by atoms with Gasteiger partial charge in [0.1, 0.15) is 0 Å². The van der Waals surface area contributed by atoms with Crippen LogP contribution in [0.25, 0.3) is 0 Å². The minimum absolute atomic E-state index is 0.220. The Morgan fingerprint density at radius 1 is 1.29 bits per heavy atom. The first-order chi connectivity index (χ1) is 8.21. The second-order valence-electron chi connectivity index (χ2n) is 3.94. The number of rotatable bonds is 7. The standard InChI is InChI=1S/C13H22N2O2/c1-3-15(4-2)12-7-5-6-11(8-12)14-9-13(17)10-16/h5-8,13-14,16-17H,3-4,9-10H2,1-2H3. The van der Waals surface area contributed by atoms with Gasteiger partial charge in [-0.05, 0) is 32.0 Å². The van der Waals surface area contributed by atoms with Crippen molar-refractivity contribution in [2.24, 2.45) is 0 Å². The number of nitrogens with one attached hydrogen (secondary N) is 1. The molecule has 17 heavy (non-hydrogen) atoms. The molecular formula is C13H22N2O2. The monoisotopic (exact) mass is 238 g/mol. The molecule has 1 aromatic rings. The molecule has 0 aliphatic rings. The summed E-state index contributed by atoms with van der Waals surface area (Å²) in [6.45, 7) is 6.33. The molecule has 0 radical (unpaired) electrons. The van der Waals surface area contributed by atoms with Crippen LogP contribution in [0.15, 0.2) is 24.3 Å². The SMILES string of the molecule is CCN(CC)c1cccc(NCC(O)CO)c1. The van der Waals surface area contributed by atoms with Gasteiger partial charge < -0.3 is 20.4 Å². The predicted molar refractivity (Wildman–Crippen MR) is 71.6 cm³/mol. The molecule has 0 saturated heterocycles. The lowest BCUT2D eigenvalue weighted by Gasteiger charge is -2.22. The molecule has 3 N–H and O–H groups in total. The second kappa shape index (κ2) is 7.14. The van der Waals surface area contributed by atoms with Crippen molar-refractivity contribution in [2.75, 3.05) is 36.5 Å². The van der Waals surface area contributed by atoms with Gasteiger partial charge in [-0.15, -0.1) is 0 Å². The molecule has 1 unspecified atom stereocenters. The Balaban J connectivity index is 2.65. The normalized spacial score (nSPS) is 12.2. The molecule has 4 nitrogen and oxygen atoms in total. The van der Waals surface area contributed by atoms with Crippen LogP contribution in [0.2, 0.25) is 0 Å². The summed E-state index contributed by atoms with van der Waals surface area (Å²) in [4.78, 5) is 2.26. The maximum atomic E-state index is 9.27. The summed E-state index contributed by atoms with van der Waals surface area (Å²) in [5, 5.41) is 21.1. The highest BCUT2D eigenvalue weighted by Crippen LogP contribution is 2.19. The molecule has 0 amide bonds. The lowest BCUT2D eigenvalue weighted by Crippen LogP contribution is -2.24. The van der Waals surface area contributed by atoms with Gasteiger partial charge in [0.25, 0.3) is 0 Å². The van der Waals surface area contributed by atoms with Crippen LogP contribution in [0.4, 0.5) is 11.4 Å². The molecular weight excluding hydrogens is 216 g/mol.